The summed E-state index contributed by atoms with van der Waals surface area (Å²) in [7, 11) is 0. The number of nitrogens with zero attached hydrogens (tertiary/aromatic N) is 6. The molecule has 0 aliphatic carbocycles. The van der Waals surface area contributed by atoms with Gasteiger partial charge in [-0.05, 0) is 62.0 Å². The molecular formula is C23H22ClN9S. The maximum Gasteiger partial charge on any atom is 0.229 e. The molecule has 0 atom stereocenters. The number of benzene rings is 2. The number of aryl methyl sites for hydroxylation is 2. The van der Waals surface area contributed by atoms with Crippen molar-refractivity contribution in [3.05, 3.63) is 89.2 Å². The third kappa shape index (κ3) is 6.56. The molecule has 172 valence electrons. The normalized spacial score (nSPS) is 11.2. The van der Waals surface area contributed by atoms with Crippen molar-refractivity contribution in [1.82, 2.24) is 24.7 Å². The van der Waals surface area contributed by atoms with Crippen molar-refractivity contribution < 1.29 is 0 Å². The van der Waals surface area contributed by atoms with Crippen LogP contribution in [0.1, 0.15) is 17.0 Å². The van der Waals surface area contributed by atoms with Crippen LogP contribution in [-0.2, 0) is 6.54 Å². The lowest BCUT2D eigenvalue weighted by molar-refractivity contribution is 0.685. The quantitative estimate of drug-likeness (QED) is 0.210. The SMILES string of the molecule is Cc1cc(C)nc(N/C(=N/C(=S)Nc2ccccc2Cl)Nc2ccc(Cn3cncn3)cc2)n1. The summed E-state index contributed by atoms with van der Waals surface area (Å²) in [5.41, 5.74) is 4.22. The molecule has 9 nitrogen and oxygen atoms in total. The number of hydrogen-bond donors (Lipinski definition) is 3. The van der Waals surface area contributed by atoms with Gasteiger partial charge in [-0.15, -0.1) is 0 Å². The Labute approximate surface area is 207 Å². The zero-order valence-electron chi connectivity index (χ0n) is 18.5. The number of hydrogen-bond acceptors (Lipinski definition) is 5. The molecule has 0 spiro atoms. The van der Waals surface area contributed by atoms with Crippen molar-refractivity contribution >= 4 is 52.2 Å². The molecule has 0 saturated carbocycles. The minimum absolute atomic E-state index is 0.218. The van der Waals surface area contributed by atoms with E-state index in [1.807, 2.05) is 62.4 Å². The molecule has 0 amide bonds. The molecule has 4 aromatic rings. The van der Waals surface area contributed by atoms with E-state index in [2.05, 4.69) is 41.0 Å². The molecule has 2 aromatic heterocycles. The maximum absolute atomic E-state index is 6.23. The Hall–Kier alpha value is -3.89. The second kappa shape index (κ2) is 10.8. The number of aromatic nitrogens is 5. The molecule has 0 aliphatic rings. The fourth-order valence-electron chi connectivity index (χ4n) is 3.11. The van der Waals surface area contributed by atoms with E-state index >= 15 is 0 Å². The van der Waals surface area contributed by atoms with Crippen molar-refractivity contribution in [2.75, 3.05) is 16.0 Å². The van der Waals surface area contributed by atoms with Crippen LogP contribution in [0, 0.1) is 13.8 Å². The molecular weight excluding hydrogens is 470 g/mol. The third-order valence-electron chi connectivity index (χ3n) is 4.57. The summed E-state index contributed by atoms with van der Waals surface area (Å²) in [6, 6.07) is 17.1. The van der Waals surface area contributed by atoms with Crippen LogP contribution in [0.25, 0.3) is 0 Å². The van der Waals surface area contributed by atoms with Gasteiger partial charge in [-0.25, -0.2) is 19.6 Å². The molecule has 0 unspecified atom stereocenters. The first-order valence-corrected chi connectivity index (χ1v) is 11.1. The maximum atomic E-state index is 6.23. The summed E-state index contributed by atoms with van der Waals surface area (Å²) >= 11 is 11.7. The summed E-state index contributed by atoms with van der Waals surface area (Å²) in [5, 5.41) is 14.3. The van der Waals surface area contributed by atoms with E-state index in [0.29, 0.717) is 29.2 Å². The van der Waals surface area contributed by atoms with E-state index in [1.54, 1.807) is 17.1 Å². The first-order chi connectivity index (χ1) is 16.4. The van der Waals surface area contributed by atoms with Crippen molar-refractivity contribution in [3.8, 4) is 0 Å². The molecule has 3 N–H and O–H groups in total. The first kappa shape index (κ1) is 23.3. The van der Waals surface area contributed by atoms with Crippen LogP contribution in [0.3, 0.4) is 0 Å². The highest BCUT2D eigenvalue weighted by atomic mass is 35.5. The number of para-hydroxylation sites is 1. The van der Waals surface area contributed by atoms with Gasteiger partial charge in [-0.2, -0.15) is 10.1 Å². The molecule has 2 heterocycles. The van der Waals surface area contributed by atoms with E-state index in [0.717, 1.165) is 22.6 Å². The van der Waals surface area contributed by atoms with E-state index in [4.69, 9.17) is 23.8 Å². The summed E-state index contributed by atoms with van der Waals surface area (Å²) in [6.45, 7) is 4.44. The fraction of sp³-hybridized carbons (Fsp3) is 0.130. The smallest absolute Gasteiger partial charge is 0.229 e. The number of rotatable bonds is 5. The lowest BCUT2D eigenvalue weighted by Crippen LogP contribution is -2.26. The summed E-state index contributed by atoms with van der Waals surface area (Å²) in [5.74, 6) is 0.769. The van der Waals surface area contributed by atoms with Crippen molar-refractivity contribution in [2.24, 2.45) is 4.99 Å². The molecule has 0 saturated heterocycles. The summed E-state index contributed by atoms with van der Waals surface area (Å²) in [6.07, 6.45) is 3.19. The van der Waals surface area contributed by atoms with Crippen LogP contribution in [0.5, 0.6) is 0 Å². The Balaban J connectivity index is 1.54. The molecule has 4 rings (SSSR count). The Morgan fingerprint density at radius 1 is 1.00 bits per heavy atom. The number of halogens is 1. The highest BCUT2D eigenvalue weighted by Crippen LogP contribution is 2.20. The van der Waals surface area contributed by atoms with Crippen LogP contribution in [0.2, 0.25) is 5.02 Å². The number of anilines is 3. The van der Waals surface area contributed by atoms with Gasteiger partial charge in [-0.3, -0.25) is 5.32 Å². The van der Waals surface area contributed by atoms with E-state index in [1.165, 1.54) is 6.33 Å². The van der Waals surface area contributed by atoms with Crippen molar-refractivity contribution in [3.63, 3.8) is 0 Å². The highest BCUT2D eigenvalue weighted by molar-refractivity contribution is 7.80. The zero-order chi connectivity index (χ0) is 23.9. The Morgan fingerprint density at radius 3 is 2.41 bits per heavy atom. The standard InChI is InChI=1S/C23H22ClN9S/c1-15-11-16(2)28-21(27-15)31-22(32-23(34)30-20-6-4-3-5-19(20)24)29-18-9-7-17(8-10-18)12-33-14-25-13-26-33/h3-11,13-14H,12H2,1-2H3,(H3,27,28,29,30,31,32,34). The minimum atomic E-state index is 0.218. The van der Waals surface area contributed by atoms with Gasteiger partial charge in [0.25, 0.3) is 0 Å². The number of thiocarbonyl (C=S) groups is 1. The zero-order valence-corrected chi connectivity index (χ0v) is 20.1. The van der Waals surface area contributed by atoms with Crippen LogP contribution < -0.4 is 16.0 Å². The van der Waals surface area contributed by atoms with Gasteiger partial charge in [0.05, 0.1) is 17.3 Å². The van der Waals surface area contributed by atoms with Crippen molar-refractivity contribution in [1.29, 1.82) is 0 Å². The molecule has 2 aromatic carbocycles. The molecule has 34 heavy (non-hydrogen) atoms. The topological polar surface area (TPSA) is 105 Å². The number of guanidine groups is 1. The first-order valence-electron chi connectivity index (χ1n) is 10.4. The molecule has 0 fully saturated rings. The van der Waals surface area contributed by atoms with Crippen molar-refractivity contribution in [2.45, 2.75) is 20.4 Å². The summed E-state index contributed by atoms with van der Waals surface area (Å²) in [4.78, 5) is 17.3. The van der Waals surface area contributed by atoms with Gasteiger partial charge in [0.2, 0.25) is 17.0 Å². The molecule has 0 aliphatic heterocycles. The fourth-order valence-corrected chi connectivity index (χ4v) is 3.50. The van der Waals surface area contributed by atoms with Gasteiger partial charge >= 0.3 is 0 Å². The molecule has 0 radical (unpaired) electrons. The van der Waals surface area contributed by atoms with Gasteiger partial charge in [-0.1, -0.05) is 35.9 Å². The number of aliphatic imine (C=N–C) groups is 1. The minimum Gasteiger partial charge on any atom is -0.330 e. The van der Waals surface area contributed by atoms with Crippen LogP contribution >= 0.6 is 23.8 Å². The highest BCUT2D eigenvalue weighted by Gasteiger charge is 2.08. The molecule has 0 bridgehead atoms. The Morgan fingerprint density at radius 2 is 1.74 bits per heavy atom. The largest absolute Gasteiger partial charge is 0.330 e. The van der Waals surface area contributed by atoms with Crippen LogP contribution in [0.4, 0.5) is 17.3 Å². The lowest BCUT2D eigenvalue weighted by atomic mass is 10.2. The average Bonchev–Trinajstić information content (AvgIpc) is 3.29. The van der Waals surface area contributed by atoms with E-state index < -0.39 is 0 Å². The van der Waals surface area contributed by atoms with E-state index in [-0.39, 0.29) is 5.11 Å². The van der Waals surface area contributed by atoms with E-state index in [9.17, 15) is 0 Å². The predicted molar refractivity (Wildman–Crippen MR) is 139 cm³/mol. The van der Waals surface area contributed by atoms with Gasteiger partial charge in [0.1, 0.15) is 12.7 Å². The van der Waals surface area contributed by atoms with Gasteiger partial charge in [0.15, 0.2) is 0 Å². The van der Waals surface area contributed by atoms with Crippen LogP contribution in [-0.4, -0.2) is 35.8 Å². The van der Waals surface area contributed by atoms with Crippen LogP contribution in [0.15, 0.2) is 72.2 Å². The van der Waals surface area contributed by atoms with Gasteiger partial charge < -0.3 is 10.6 Å². The second-order valence-corrected chi connectivity index (χ2v) is 8.18. The summed E-state index contributed by atoms with van der Waals surface area (Å²) < 4.78 is 1.76. The monoisotopic (exact) mass is 491 g/mol. The molecule has 11 heteroatoms. The Kier molecular flexibility index (Phi) is 7.41. The van der Waals surface area contributed by atoms with Gasteiger partial charge in [0, 0.05) is 17.1 Å². The third-order valence-corrected chi connectivity index (χ3v) is 5.09. The predicted octanol–water partition coefficient (Wildman–Crippen LogP) is 4.66. The Bertz CT molecular complexity index is 1280. The lowest BCUT2D eigenvalue weighted by Gasteiger charge is -2.14. The number of nitrogens with one attached hydrogen (secondary N) is 3. The second-order valence-electron chi connectivity index (χ2n) is 7.38. The average molecular weight is 492 g/mol.